The maximum atomic E-state index is 5.88. The van der Waals surface area contributed by atoms with Crippen molar-refractivity contribution >= 4 is 52.2 Å². The largest absolute Gasteiger partial charge is 0 e. The predicted molar refractivity (Wildman–Crippen MR) is 146 cm³/mol. The summed E-state index contributed by atoms with van der Waals surface area (Å²) in [6.07, 6.45) is 18.5. The van der Waals surface area contributed by atoms with E-state index in [1.807, 2.05) is 0 Å². The molecule has 0 aromatic heterocycles. The quantitative estimate of drug-likeness (QED) is 0.104. The van der Waals surface area contributed by atoms with Crippen molar-refractivity contribution in [3.63, 3.8) is 0 Å². The molecule has 0 saturated heterocycles. The Morgan fingerprint density at radius 3 is 2.61 bits per heavy atom. The first-order valence-corrected chi connectivity index (χ1v) is 14.8. The molecule has 5 rings (SSSR count). The van der Waals surface area contributed by atoms with E-state index in [2.05, 4.69) is 77.1 Å². The van der Waals surface area contributed by atoms with Crippen LogP contribution < -0.4 is 0 Å². The standard InChI is InChI=1S/C29H40OPS.Tl/c1-20(9-10-21-7-5-4-6-8-21)25-13-14-26-24-12-11-22-19-23(30-32-31)15-17-28(22,2)27(24)16-18-29(25,26)3;/h4-11,20,23-27,32H,12-19H2,1-3H3;/q-1;/b10-9+;/t20-,23+,24+,25-,26+,27+,28+,29-;/m1./s1. The Labute approximate surface area is 227 Å². The van der Waals surface area contributed by atoms with E-state index in [1.165, 1.54) is 50.5 Å². The Morgan fingerprint density at radius 1 is 1.06 bits per heavy atom. The van der Waals surface area contributed by atoms with E-state index in [-0.39, 0.29) is 27.3 Å². The summed E-state index contributed by atoms with van der Waals surface area (Å²) in [5, 5.41) is 0. The number of allylic oxidation sites excluding steroid dienone is 2. The molecule has 0 bridgehead atoms. The van der Waals surface area contributed by atoms with Crippen LogP contribution in [0.2, 0.25) is 0 Å². The fourth-order valence-corrected chi connectivity index (χ4v) is 9.36. The van der Waals surface area contributed by atoms with Crippen LogP contribution in [0.1, 0.15) is 77.7 Å². The van der Waals surface area contributed by atoms with Gasteiger partial charge >= 0.3 is 146 Å². The van der Waals surface area contributed by atoms with Gasteiger partial charge in [-0.1, -0.05) is 49.4 Å². The molecule has 3 fully saturated rings. The van der Waals surface area contributed by atoms with Crippen LogP contribution in [0, 0.1) is 40.4 Å². The van der Waals surface area contributed by atoms with E-state index < -0.39 is 0 Å². The Bertz CT molecular complexity index is 939. The second-order valence-corrected chi connectivity index (χ2v) is 12.5. The molecule has 33 heavy (non-hydrogen) atoms. The topological polar surface area (TPSA) is 9.23 Å². The summed E-state index contributed by atoms with van der Waals surface area (Å²) in [5.41, 5.74) is 3.96. The van der Waals surface area contributed by atoms with Gasteiger partial charge in [-0.25, -0.2) is 0 Å². The first kappa shape index (κ1) is 26.4. The molecule has 0 N–H and O–H groups in total. The molecular weight excluding hydrogens is 632 g/mol. The third-order valence-electron chi connectivity index (χ3n) is 10.4. The van der Waals surface area contributed by atoms with Gasteiger partial charge < -0.3 is 0 Å². The second kappa shape index (κ2) is 10.8. The molecule has 8 atom stereocenters. The van der Waals surface area contributed by atoms with Crippen molar-refractivity contribution in [1.82, 2.24) is 0 Å². The van der Waals surface area contributed by atoms with Crippen LogP contribution in [0.15, 0.2) is 48.1 Å². The van der Waals surface area contributed by atoms with Crippen molar-refractivity contribution in [2.45, 2.75) is 78.2 Å². The maximum absolute atomic E-state index is 5.88. The Hall–Kier alpha value is 0.362. The molecule has 0 aliphatic heterocycles. The Kier molecular flexibility index (Phi) is 8.63. The predicted octanol–water partition coefficient (Wildman–Crippen LogP) is 7.97. The number of rotatable bonds is 4. The van der Waals surface area contributed by atoms with Gasteiger partial charge in [-0.15, -0.1) is 0 Å². The fourth-order valence-electron chi connectivity index (χ4n) is 8.65. The number of hydrogen-bond donors (Lipinski definition) is 0. The molecule has 3 saturated carbocycles. The smallest absolute Gasteiger partial charge is 0 e. The molecule has 1 aromatic carbocycles. The van der Waals surface area contributed by atoms with Gasteiger partial charge in [0, 0.05) is 27.3 Å². The van der Waals surface area contributed by atoms with Crippen LogP contribution in [0.5, 0.6) is 0 Å². The SMILES string of the molecule is C[C@H](/C=C/c1ccccc1)[C@H]1CC[C@H]2[C@@H]3CC=C4C[C@@H](O[SH-]#P)CC[C@]4(C)[C@H]3CC[C@]12C.[Tl]. The molecule has 4 aliphatic carbocycles. The van der Waals surface area contributed by atoms with Gasteiger partial charge in [0.25, 0.3) is 0 Å². The van der Waals surface area contributed by atoms with E-state index in [0.717, 1.165) is 41.1 Å². The van der Waals surface area contributed by atoms with Crippen molar-refractivity contribution in [3.05, 3.63) is 53.6 Å². The van der Waals surface area contributed by atoms with Crippen LogP contribution in [0.25, 0.3) is 6.08 Å². The zero-order chi connectivity index (χ0) is 22.3. The molecular formula is C29H40OPSTl-. The van der Waals surface area contributed by atoms with Gasteiger partial charge in [0.2, 0.25) is 0 Å². The summed E-state index contributed by atoms with van der Waals surface area (Å²) in [6, 6.07) is 10.8. The van der Waals surface area contributed by atoms with Crippen LogP contribution in [-0.2, 0) is 15.2 Å². The van der Waals surface area contributed by atoms with Crippen molar-refractivity contribution in [2.24, 2.45) is 40.4 Å². The molecule has 4 heteroatoms. The molecule has 1 radical (unpaired) electrons. The Morgan fingerprint density at radius 2 is 1.85 bits per heavy atom. The van der Waals surface area contributed by atoms with Crippen LogP contribution >= 0.6 is 7.81 Å². The molecule has 0 unspecified atom stereocenters. The minimum Gasteiger partial charge on any atom is 0 e. The van der Waals surface area contributed by atoms with E-state index in [4.69, 9.17) is 4.18 Å². The van der Waals surface area contributed by atoms with Gasteiger partial charge in [0.15, 0.2) is 0 Å². The molecule has 0 amide bonds. The third-order valence-corrected chi connectivity index (χ3v) is 11.0. The van der Waals surface area contributed by atoms with Crippen molar-refractivity contribution in [1.29, 1.82) is 0 Å². The summed E-state index contributed by atoms with van der Waals surface area (Å²) in [6.45, 7) is 7.74. The molecule has 177 valence electrons. The average molecular weight is 672 g/mol. The van der Waals surface area contributed by atoms with Gasteiger partial charge in [-0.3, -0.25) is 0 Å². The summed E-state index contributed by atoms with van der Waals surface area (Å²) in [5.74, 6) is 4.14. The maximum Gasteiger partial charge on any atom is 0 e. The summed E-state index contributed by atoms with van der Waals surface area (Å²) in [4.78, 5) is 0. The molecule has 1 aromatic rings. The van der Waals surface area contributed by atoms with E-state index in [0.29, 0.717) is 22.9 Å². The van der Waals surface area contributed by atoms with Crippen LogP contribution in [0.3, 0.4) is 0 Å². The molecule has 0 spiro atoms. The first-order valence-electron chi connectivity index (χ1n) is 12.9. The number of thiol groups is 1. The fraction of sp³-hybridized carbons (Fsp3) is 0.655. The van der Waals surface area contributed by atoms with Crippen LogP contribution in [0.4, 0.5) is 0 Å². The number of fused-ring (bicyclic) bond motifs is 5. The van der Waals surface area contributed by atoms with E-state index in [1.54, 1.807) is 5.57 Å². The van der Waals surface area contributed by atoms with Crippen molar-refractivity contribution < 1.29 is 4.18 Å². The molecule has 0 heterocycles. The zero-order valence-electron chi connectivity index (χ0n) is 20.6. The Balaban J connectivity index is 0.00000259. The summed E-state index contributed by atoms with van der Waals surface area (Å²) >= 11 is 0.786. The number of benzene rings is 1. The minimum absolute atomic E-state index is 0. The first-order chi connectivity index (χ1) is 15.5. The number of hydrogen-bond acceptors (Lipinski definition) is 2. The van der Waals surface area contributed by atoms with Gasteiger partial charge in [-0.2, -0.15) is 0 Å². The second-order valence-electron chi connectivity index (χ2n) is 11.7. The third kappa shape index (κ3) is 4.86. The van der Waals surface area contributed by atoms with Crippen molar-refractivity contribution in [3.8, 4) is 0 Å². The van der Waals surface area contributed by atoms with Gasteiger partial charge in [0.1, 0.15) is 0 Å². The molecule has 1 nitrogen and oxygen atoms in total. The van der Waals surface area contributed by atoms with Crippen LogP contribution in [-0.4, -0.2) is 33.4 Å². The van der Waals surface area contributed by atoms with Gasteiger partial charge in [0.05, 0.1) is 0 Å². The normalized spacial score (nSPS) is 40.8. The zero-order valence-corrected chi connectivity index (χ0v) is 26.9. The summed E-state index contributed by atoms with van der Waals surface area (Å²) in [7, 11) is 4.28. The monoisotopic (exact) mass is 672 g/mol. The van der Waals surface area contributed by atoms with E-state index >= 15 is 0 Å². The molecule has 4 aliphatic rings. The average Bonchev–Trinajstić information content (AvgIpc) is 3.16. The van der Waals surface area contributed by atoms with E-state index in [9.17, 15) is 0 Å². The summed E-state index contributed by atoms with van der Waals surface area (Å²) < 4.78 is 5.88. The van der Waals surface area contributed by atoms with Crippen molar-refractivity contribution in [2.75, 3.05) is 0 Å². The van der Waals surface area contributed by atoms with Gasteiger partial charge in [-0.05, 0) is 5.56 Å². The minimum atomic E-state index is 0.